The minimum atomic E-state index is -3.81. The maximum Gasteiger partial charge on any atom is 0.259 e. The number of rotatable bonds is 7. The van der Waals surface area contributed by atoms with Gasteiger partial charge in [-0.1, -0.05) is 36.4 Å². The Kier molecular flexibility index (Phi) is 5.61. The lowest BCUT2D eigenvalue weighted by Gasteiger charge is -2.39. The van der Waals surface area contributed by atoms with Crippen molar-refractivity contribution in [1.29, 1.82) is 0 Å². The SMILES string of the molecule is Cn1cnc(S(=O)(=O)NCc2cc3c(cc2F)CC(N2CCC2)C3Cc2ccccc2)c1. The minimum Gasteiger partial charge on any atom is -0.339 e. The predicted molar refractivity (Wildman–Crippen MR) is 120 cm³/mol. The molecule has 5 rings (SSSR count). The maximum atomic E-state index is 14.9. The summed E-state index contributed by atoms with van der Waals surface area (Å²) in [7, 11) is -2.10. The third-order valence-electron chi connectivity index (χ3n) is 6.67. The van der Waals surface area contributed by atoms with Crippen LogP contribution in [0.25, 0.3) is 0 Å². The zero-order valence-corrected chi connectivity index (χ0v) is 18.9. The lowest BCUT2D eigenvalue weighted by Crippen LogP contribution is -2.47. The predicted octanol–water partition coefficient (Wildman–Crippen LogP) is 2.99. The first-order valence-electron chi connectivity index (χ1n) is 11.0. The maximum absolute atomic E-state index is 14.9. The fourth-order valence-corrected chi connectivity index (χ4v) is 5.84. The Morgan fingerprint density at radius 3 is 2.62 bits per heavy atom. The van der Waals surface area contributed by atoms with Crippen molar-refractivity contribution in [2.45, 2.75) is 42.8 Å². The summed E-state index contributed by atoms with van der Waals surface area (Å²) < 4.78 is 44.1. The first kappa shape index (κ1) is 21.3. The van der Waals surface area contributed by atoms with Gasteiger partial charge in [-0.3, -0.25) is 4.90 Å². The molecule has 0 amide bonds. The normalized spacial score (nSPS) is 20.8. The van der Waals surface area contributed by atoms with Crippen LogP contribution in [0.5, 0.6) is 0 Å². The third-order valence-corrected chi connectivity index (χ3v) is 7.95. The number of aromatic nitrogens is 2. The van der Waals surface area contributed by atoms with E-state index in [0.717, 1.165) is 37.1 Å². The molecule has 2 aromatic carbocycles. The Balaban J connectivity index is 1.42. The second-order valence-corrected chi connectivity index (χ2v) is 10.5. The average molecular weight is 455 g/mol. The average Bonchev–Trinajstić information content (AvgIpc) is 3.31. The van der Waals surface area contributed by atoms with Crippen LogP contribution in [-0.2, 0) is 36.5 Å². The molecule has 8 heteroatoms. The van der Waals surface area contributed by atoms with Crippen molar-refractivity contribution >= 4 is 10.0 Å². The zero-order chi connectivity index (χ0) is 22.3. The zero-order valence-electron chi connectivity index (χ0n) is 18.0. The number of nitrogens with one attached hydrogen (secondary N) is 1. The number of aryl methyl sites for hydroxylation is 1. The van der Waals surface area contributed by atoms with E-state index in [1.807, 2.05) is 24.3 Å². The molecule has 2 atom stereocenters. The van der Waals surface area contributed by atoms with Gasteiger partial charge in [0.2, 0.25) is 0 Å². The largest absolute Gasteiger partial charge is 0.339 e. The molecule has 1 aliphatic heterocycles. The number of likely N-dealkylation sites (tertiary alicyclic amines) is 1. The van der Waals surface area contributed by atoms with E-state index in [1.165, 1.54) is 24.5 Å². The van der Waals surface area contributed by atoms with Crippen LogP contribution in [0.1, 0.15) is 34.6 Å². The lowest BCUT2D eigenvalue weighted by molar-refractivity contribution is 0.106. The molecule has 2 heterocycles. The molecule has 6 nitrogen and oxygen atoms in total. The van der Waals surface area contributed by atoms with Gasteiger partial charge in [-0.15, -0.1) is 0 Å². The van der Waals surface area contributed by atoms with E-state index in [9.17, 15) is 12.8 Å². The molecule has 0 bridgehead atoms. The quantitative estimate of drug-likeness (QED) is 0.596. The minimum absolute atomic E-state index is 0.0682. The fourth-order valence-electron chi connectivity index (χ4n) is 4.85. The molecule has 2 unspecified atom stereocenters. The van der Waals surface area contributed by atoms with Gasteiger partial charge in [0.15, 0.2) is 5.03 Å². The molecule has 32 heavy (non-hydrogen) atoms. The van der Waals surface area contributed by atoms with Crippen molar-refractivity contribution < 1.29 is 12.8 Å². The van der Waals surface area contributed by atoms with Crippen molar-refractivity contribution in [3.8, 4) is 0 Å². The highest BCUT2D eigenvalue weighted by atomic mass is 32.2. The van der Waals surface area contributed by atoms with Crippen LogP contribution < -0.4 is 4.72 Å². The summed E-state index contributed by atoms with van der Waals surface area (Å²) in [6, 6.07) is 14.2. The number of hydrogen-bond donors (Lipinski definition) is 1. The van der Waals surface area contributed by atoms with Crippen LogP contribution in [0.2, 0.25) is 0 Å². The van der Waals surface area contributed by atoms with Gasteiger partial charge in [-0.2, -0.15) is 0 Å². The summed E-state index contributed by atoms with van der Waals surface area (Å²) in [5, 5.41) is -0.0682. The van der Waals surface area contributed by atoms with Crippen LogP contribution in [0.3, 0.4) is 0 Å². The second kappa shape index (κ2) is 8.42. The smallest absolute Gasteiger partial charge is 0.259 e. The number of imidazole rings is 1. The number of sulfonamides is 1. The van der Waals surface area contributed by atoms with Crippen LogP contribution >= 0.6 is 0 Å². The first-order valence-corrected chi connectivity index (χ1v) is 12.5. The van der Waals surface area contributed by atoms with E-state index in [1.54, 1.807) is 17.7 Å². The van der Waals surface area contributed by atoms with Gasteiger partial charge in [0.05, 0.1) is 6.33 Å². The highest BCUT2D eigenvalue weighted by molar-refractivity contribution is 7.89. The van der Waals surface area contributed by atoms with Gasteiger partial charge in [0, 0.05) is 37.3 Å². The van der Waals surface area contributed by atoms with E-state index in [4.69, 9.17) is 0 Å². The Hall–Kier alpha value is -2.55. The Morgan fingerprint density at radius 2 is 1.97 bits per heavy atom. The monoisotopic (exact) mass is 454 g/mol. The molecule has 1 fully saturated rings. The fraction of sp³-hybridized carbons (Fsp3) is 0.375. The van der Waals surface area contributed by atoms with Crippen molar-refractivity contribution in [2.24, 2.45) is 7.05 Å². The van der Waals surface area contributed by atoms with E-state index in [0.29, 0.717) is 11.6 Å². The van der Waals surface area contributed by atoms with Gasteiger partial charge >= 0.3 is 0 Å². The van der Waals surface area contributed by atoms with Crippen molar-refractivity contribution in [2.75, 3.05) is 13.1 Å². The van der Waals surface area contributed by atoms with Crippen LogP contribution in [-0.4, -0.2) is 42.0 Å². The Morgan fingerprint density at radius 1 is 1.19 bits per heavy atom. The van der Waals surface area contributed by atoms with Crippen LogP contribution in [0.4, 0.5) is 4.39 Å². The van der Waals surface area contributed by atoms with Crippen molar-refractivity contribution in [3.05, 3.63) is 83.1 Å². The summed E-state index contributed by atoms with van der Waals surface area (Å²) >= 11 is 0. The number of hydrogen-bond acceptors (Lipinski definition) is 4. The van der Waals surface area contributed by atoms with Crippen LogP contribution in [0.15, 0.2) is 60.0 Å². The van der Waals surface area contributed by atoms with Gasteiger partial charge in [0.1, 0.15) is 5.82 Å². The number of halogens is 1. The summed E-state index contributed by atoms with van der Waals surface area (Å²) in [5.74, 6) is -0.102. The summed E-state index contributed by atoms with van der Waals surface area (Å²) in [4.78, 5) is 6.39. The van der Waals surface area contributed by atoms with E-state index in [-0.39, 0.29) is 23.3 Å². The Labute approximate surface area is 188 Å². The molecule has 1 aliphatic carbocycles. The van der Waals surface area contributed by atoms with Gasteiger partial charge < -0.3 is 4.57 Å². The van der Waals surface area contributed by atoms with Gasteiger partial charge in [0.25, 0.3) is 10.0 Å². The Bertz CT molecular complexity index is 1220. The molecule has 1 aromatic heterocycles. The highest BCUT2D eigenvalue weighted by Crippen LogP contribution is 2.41. The molecule has 0 radical (unpaired) electrons. The number of benzene rings is 2. The second-order valence-electron chi connectivity index (χ2n) is 8.80. The van der Waals surface area contributed by atoms with E-state index < -0.39 is 10.0 Å². The lowest BCUT2D eigenvalue weighted by atomic mass is 9.88. The third kappa shape index (κ3) is 4.10. The van der Waals surface area contributed by atoms with E-state index >= 15 is 0 Å². The van der Waals surface area contributed by atoms with E-state index in [2.05, 4.69) is 26.7 Å². The molecular weight excluding hydrogens is 427 g/mol. The first-order chi connectivity index (χ1) is 15.4. The summed E-state index contributed by atoms with van der Waals surface area (Å²) in [5.41, 5.74) is 3.80. The topological polar surface area (TPSA) is 67.2 Å². The summed E-state index contributed by atoms with van der Waals surface area (Å²) in [6.45, 7) is 2.07. The van der Waals surface area contributed by atoms with Gasteiger partial charge in [-0.25, -0.2) is 22.5 Å². The number of nitrogens with zero attached hydrogens (tertiary/aromatic N) is 3. The van der Waals surface area contributed by atoms with Crippen molar-refractivity contribution in [1.82, 2.24) is 19.2 Å². The highest BCUT2D eigenvalue weighted by Gasteiger charge is 2.38. The molecule has 1 N–H and O–H groups in total. The summed E-state index contributed by atoms with van der Waals surface area (Å²) in [6.07, 6.45) is 5.78. The molecule has 3 aromatic rings. The molecular formula is C24H27FN4O2S. The van der Waals surface area contributed by atoms with Crippen LogP contribution in [0, 0.1) is 5.82 Å². The number of fused-ring (bicyclic) bond motifs is 1. The molecule has 0 spiro atoms. The molecule has 0 saturated carbocycles. The molecule has 2 aliphatic rings. The molecule has 1 saturated heterocycles. The molecule has 168 valence electrons. The van der Waals surface area contributed by atoms with Crippen molar-refractivity contribution in [3.63, 3.8) is 0 Å². The standard InChI is InChI=1S/C24H27FN4O2S/c1-28-15-24(26-16-28)32(30,31)27-14-19-11-20-18(12-22(19)25)13-23(29-8-5-9-29)21(20)10-17-6-3-2-4-7-17/h2-4,6-7,11-12,15-16,21,23,27H,5,8-10,13-14H2,1H3. The van der Waals surface area contributed by atoms with Gasteiger partial charge in [-0.05, 0) is 55.1 Å².